The van der Waals surface area contributed by atoms with Gasteiger partial charge >= 0.3 is 0 Å². The SMILES string of the molecule is C[C@@H]1CN(S(C)(=O)=O)CC[C@@H]1Nc1nc2cnc(-c3cn[nH]c3)c(N3CCCC(F)(F)C3)n2n1. The third-order valence-corrected chi connectivity index (χ3v) is 7.74. The summed E-state index contributed by atoms with van der Waals surface area (Å²) in [5, 5.41) is 14.6. The molecule has 2 saturated heterocycles. The topological polar surface area (TPSA) is 124 Å². The van der Waals surface area contributed by atoms with Gasteiger partial charge in [-0.25, -0.2) is 26.5 Å². The summed E-state index contributed by atoms with van der Waals surface area (Å²) in [5.74, 6) is -1.98. The summed E-state index contributed by atoms with van der Waals surface area (Å²) in [4.78, 5) is 10.7. The molecule has 2 N–H and O–H groups in total. The number of aromatic nitrogens is 6. The predicted molar refractivity (Wildman–Crippen MR) is 122 cm³/mol. The number of alkyl halides is 2. The molecule has 2 aliphatic rings. The van der Waals surface area contributed by atoms with Crippen molar-refractivity contribution >= 4 is 27.4 Å². The highest BCUT2D eigenvalue weighted by atomic mass is 32.2. The van der Waals surface area contributed by atoms with E-state index in [1.54, 1.807) is 28.0 Å². The van der Waals surface area contributed by atoms with E-state index in [-0.39, 0.29) is 18.4 Å². The minimum atomic E-state index is -3.24. The highest BCUT2D eigenvalue weighted by Gasteiger charge is 2.37. The first-order chi connectivity index (χ1) is 16.1. The molecule has 0 aromatic carbocycles. The maximum atomic E-state index is 14.3. The molecule has 184 valence electrons. The van der Waals surface area contributed by atoms with Gasteiger partial charge in [0.25, 0.3) is 5.92 Å². The summed E-state index contributed by atoms with van der Waals surface area (Å²) < 4.78 is 55.4. The van der Waals surface area contributed by atoms with Crippen LogP contribution >= 0.6 is 0 Å². The van der Waals surface area contributed by atoms with Gasteiger partial charge < -0.3 is 10.2 Å². The van der Waals surface area contributed by atoms with Crippen molar-refractivity contribution < 1.29 is 17.2 Å². The second kappa shape index (κ2) is 8.41. The minimum Gasteiger partial charge on any atom is -0.350 e. The number of anilines is 2. The van der Waals surface area contributed by atoms with Crippen LogP contribution in [0.1, 0.15) is 26.2 Å². The standard InChI is InChI=1S/C20H27F2N9O2S/c1-13-11-30(34(2,32)33)7-4-15(13)26-19-27-16-10-23-17(14-8-24-25-9-14)18(31(16)28-19)29-6-3-5-20(21,22)12-29/h8-10,13,15H,3-7,11-12H2,1-2H3,(H,24,25)(H,26,28)/t13-,15+/m1/s1. The highest BCUT2D eigenvalue weighted by Crippen LogP contribution is 2.35. The molecule has 0 unspecified atom stereocenters. The molecule has 11 nitrogen and oxygen atoms in total. The summed E-state index contributed by atoms with van der Waals surface area (Å²) >= 11 is 0. The lowest BCUT2D eigenvalue weighted by Gasteiger charge is -2.35. The van der Waals surface area contributed by atoms with E-state index < -0.39 is 22.5 Å². The largest absolute Gasteiger partial charge is 0.350 e. The third-order valence-electron chi connectivity index (χ3n) is 6.47. The number of aromatic amines is 1. The van der Waals surface area contributed by atoms with Crippen molar-refractivity contribution in [3.8, 4) is 11.3 Å². The molecule has 34 heavy (non-hydrogen) atoms. The van der Waals surface area contributed by atoms with Crippen LogP contribution in [0.3, 0.4) is 0 Å². The number of H-pyrrole nitrogens is 1. The molecule has 2 atom stereocenters. The second-order valence-corrected chi connectivity index (χ2v) is 11.1. The molecule has 0 amide bonds. The van der Waals surface area contributed by atoms with Crippen LogP contribution < -0.4 is 10.2 Å². The predicted octanol–water partition coefficient (Wildman–Crippen LogP) is 1.83. The van der Waals surface area contributed by atoms with Crippen molar-refractivity contribution in [2.24, 2.45) is 5.92 Å². The number of halogens is 2. The average molecular weight is 496 g/mol. The molecule has 3 aromatic heterocycles. The molecule has 14 heteroatoms. The minimum absolute atomic E-state index is 0.0283. The van der Waals surface area contributed by atoms with Crippen LogP contribution in [0.4, 0.5) is 20.5 Å². The normalized spacial score (nSPS) is 23.9. The molecule has 5 heterocycles. The van der Waals surface area contributed by atoms with Gasteiger partial charge in [-0.2, -0.15) is 14.6 Å². The summed E-state index contributed by atoms with van der Waals surface area (Å²) in [6.07, 6.45) is 6.83. The Morgan fingerprint density at radius 3 is 2.76 bits per heavy atom. The molecular weight excluding hydrogens is 468 g/mol. The molecule has 0 bridgehead atoms. The Morgan fingerprint density at radius 2 is 2.09 bits per heavy atom. The highest BCUT2D eigenvalue weighted by molar-refractivity contribution is 7.88. The van der Waals surface area contributed by atoms with E-state index in [9.17, 15) is 17.2 Å². The van der Waals surface area contributed by atoms with Crippen LogP contribution in [0, 0.1) is 5.92 Å². The molecule has 0 aliphatic carbocycles. The summed E-state index contributed by atoms with van der Waals surface area (Å²) in [7, 11) is -3.24. The van der Waals surface area contributed by atoms with E-state index >= 15 is 0 Å². The van der Waals surface area contributed by atoms with E-state index in [1.807, 2.05) is 6.92 Å². The van der Waals surface area contributed by atoms with Crippen molar-refractivity contribution in [2.75, 3.05) is 42.7 Å². The zero-order valence-electron chi connectivity index (χ0n) is 18.9. The van der Waals surface area contributed by atoms with Gasteiger partial charge in [0.15, 0.2) is 11.5 Å². The van der Waals surface area contributed by atoms with Crippen LogP contribution in [-0.4, -0.2) is 86.9 Å². The number of sulfonamides is 1. The fourth-order valence-corrected chi connectivity index (χ4v) is 5.65. The first-order valence-electron chi connectivity index (χ1n) is 11.2. The van der Waals surface area contributed by atoms with E-state index in [4.69, 9.17) is 0 Å². The van der Waals surface area contributed by atoms with E-state index in [1.165, 1.54) is 10.6 Å². The Labute approximate surface area is 195 Å². The fraction of sp³-hybridized carbons (Fsp3) is 0.600. The Hall–Kier alpha value is -2.87. The van der Waals surface area contributed by atoms with Gasteiger partial charge in [0, 0.05) is 43.9 Å². The van der Waals surface area contributed by atoms with Crippen LogP contribution in [0.2, 0.25) is 0 Å². The summed E-state index contributed by atoms with van der Waals surface area (Å²) in [5.41, 5.74) is 1.59. The Kier molecular flexibility index (Phi) is 5.67. The van der Waals surface area contributed by atoms with Gasteiger partial charge in [-0.3, -0.25) is 5.10 Å². The Balaban J connectivity index is 1.48. The fourth-order valence-electron chi connectivity index (χ4n) is 4.71. The zero-order chi connectivity index (χ0) is 24.1. The number of nitrogens with zero attached hydrogens (tertiary/aromatic N) is 7. The average Bonchev–Trinajstić information content (AvgIpc) is 3.42. The summed E-state index contributed by atoms with van der Waals surface area (Å²) in [6, 6.07) is -0.0283. The van der Waals surface area contributed by atoms with Gasteiger partial charge in [0.05, 0.1) is 25.2 Å². The number of hydrogen-bond acceptors (Lipinski definition) is 8. The summed E-state index contributed by atoms with van der Waals surface area (Å²) in [6.45, 7) is 2.82. The monoisotopic (exact) mass is 495 g/mol. The van der Waals surface area contributed by atoms with Gasteiger partial charge in [-0.05, 0) is 18.8 Å². The zero-order valence-corrected chi connectivity index (χ0v) is 19.8. The van der Waals surface area contributed by atoms with Gasteiger partial charge in [0.1, 0.15) is 5.69 Å². The molecule has 0 radical (unpaired) electrons. The van der Waals surface area contributed by atoms with Crippen LogP contribution in [0.25, 0.3) is 16.9 Å². The molecule has 0 spiro atoms. The van der Waals surface area contributed by atoms with E-state index in [0.29, 0.717) is 61.1 Å². The number of nitrogens with one attached hydrogen (secondary N) is 2. The van der Waals surface area contributed by atoms with Crippen LogP contribution in [-0.2, 0) is 10.0 Å². The molecule has 3 aromatic rings. The van der Waals surface area contributed by atoms with Gasteiger partial charge in [-0.15, -0.1) is 5.10 Å². The van der Waals surface area contributed by atoms with E-state index in [0.717, 1.165) is 0 Å². The molecule has 0 saturated carbocycles. The Bertz CT molecular complexity index is 1280. The number of piperidine rings is 2. The van der Waals surface area contributed by atoms with Gasteiger partial charge in [-0.1, -0.05) is 6.92 Å². The number of rotatable bonds is 5. The molecular formula is C20H27F2N9O2S. The first kappa shape index (κ1) is 22.9. The molecule has 5 rings (SSSR count). The lowest BCUT2D eigenvalue weighted by atomic mass is 9.95. The maximum Gasteiger partial charge on any atom is 0.265 e. The quantitative estimate of drug-likeness (QED) is 0.549. The second-order valence-electron chi connectivity index (χ2n) is 9.14. The van der Waals surface area contributed by atoms with Crippen molar-refractivity contribution in [3.05, 3.63) is 18.6 Å². The maximum absolute atomic E-state index is 14.3. The lowest BCUT2D eigenvalue weighted by Crippen LogP contribution is -2.47. The van der Waals surface area contributed by atoms with Crippen molar-refractivity contribution in [2.45, 2.75) is 38.2 Å². The van der Waals surface area contributed by atoms with Crippen molar-refractivity contribution in [1.82, 2.24) is 34.1 Å². The molecule has 2 aliphatic heterocycles. The van der Waals surface area contributed by atoms with Crippen LogP contribution in [0.5, 0.6) is 0 Å². The Morgan fingerprint density at radius 1 is 1.26 bits per heavy atom. The van der Waals surface area contributed by atoms with E-state index in [2.05, 4.69) is 30.6 Å². The lowest BCUT2D eigenvalue weighted by molar-refractivity contribution is -0.0119. The number of hydrogen-bond donors (Lipinski definition) is 2. The smallest absolute Gasteiger partial charge is 0.265 e. The third kappa shape index (κ3) is 4.43. The van der Waals surface area contributed by atoms with Crippen LogP contribution in [0.15, 0.2) is 18.6 Å². The number of fused-ring (bicyclic) bond motifs is 1. The first-order valence-corrected chi connectivity index (χ1v) is 13.0. The van der Waals surface area contributed by atoms with Crippen molar-refractivity contribution in [3.63, 3.8) is 0 Å². The van der Waals surface area contributed by atoms with Gasteiger partial charge in [0.2, 0.25) is 16.0 Å². The molecule has 2 fully saturated rings. The van der Waals surface area contributed by atoms with Crippen molar-refractivity contribution in [1.29, 1.82) is 0 Å².